The summed E-state index contributed by atoms with van der Waals surface area (Å²) in [5.41, 5.74) is 2.58. The SMILES string of the molecule is Cc1[nH]c2c(-c3cc(F)ccc3OCC3CC3)ncnc2c1C(=O)N[C@H]1CC[C@H](NC(=O)[C@H](C)O)[C@H](F)C1. The fourth-order valence-electron chi connectivity index (χ4n) is 4.88. The summed E-state index contributed by atoms with van der Waals surface area (Å²) in [5, 5.41) is 14.8. The van der Waals surface area contributed by atoms with Crippen LogP contribution in [0.5, 0.6) is 5.75 Å². The number of benzene rings is 1. The van der Waals surface area contributed by atoms with E-state index < -0.39 is 42.0 Å². The Bertz CT molecular complexity index is 1360. The summed E-state index contributed by atoms with van der Waals surface area (Å²) >= 11 is 0. The van der Waals surface area contributed by atoms with Crippen LogP contribution in [-0.2, 0) is 4.79 Å². The van der Waals surface area contributed by atoms with Crippen LogP contribution in [0.25, 0.3) is 22.3 Å². The molecule has 4 atom stereocenters. The van der Waals surface area contributed by atoms with Crippen LogP contribution in [0, 0.1) is 18.7 Å². The number of aromatic amines is 1. The van der Waals surface area contributed by atoms with E-state index in [1.54, 1.807) is 13.0 Å². The standard InChI is InChI=1S/C27H31F2N5O4/c1-13-22(27(37)33-17-6-7-20(19(29)10-17)34-26(36)14(2)35)24-25(32-13)23(30-12-31-24)18-9-16(28)5-8-21(18)38-11-15-3-4-15/h5,8-9,12,14-15,17,19-20,32,35H,3-4,6-7,10-11H2,1-2H3,(H,33,37)(H,34,36)/t14-,17-,19+,20-/m0/s1. The van der Waals surface area contributed by atoms with Gasteiger partial charge in [-0.15, -0.1) is 0 Å². The van der Waals surface area contributed by atoms with E-state index in [1.165, 1.54) is 25.4 Å². The maximum absolute atomic E-state index is 14.8. The molecule has 2 aliphatic rings. The topological polar surface area (TPSA) is 129 Å². The molecule has 11 heteroatoms. The molecule has 2 aliphatic carbocycles. The highest BCUT2D eigenvalue weighted by Crippen LogP contribution is 2.37. The second-order valence-corrected chi connectivity index (χ2v) is 10.3. The van der Waals surface area contributed by atoms with Crippen LogP contribution >= 0.6 is 0 Å². The molecule has 2 heterocycles. The number of nitrogens with one attached hydrogen (secondary N) is 3. The number of aliphatic hydroxyl groups is 1. The highest BCUT2D eigenvalue weighted by atomic mass is 19.1. The Kier molecular flexibility index (Phi) is 7.29. The van der Waals surface area contributed by atoms with Gasteiger partial charge >= 0.3 is 0 Å². The molecule has 2 aromatic heterocycles. The van der Waals surface area contributed by atoms with Crippen molar-refractivity contribution in [1.82, 2.24) is 25.6 Å². The van der Waals surface area contributed by atoms with E-state index in [-0.39, 0.29) is 6.42 Å². The Morgan fingerprint density at radius 3 is 2.71 bits per heavy atom. The second kappa shape index (κ2) is 10.6. The van der Waals surface area contributed by atoms with Gasteiger partial charge in [0, 0.05) is 23.7 Å². The van der Waals surface area contributed by atoms with Crippen LogP contribution in [0.2, 0.25) is 0 Å². The van der Waals surface area contributed by atoms with Crippen LogP contribution in [0.1, 0.15) is 55.1 Å². The van der Waals surface area contributed by atoms with E-state index >= 15 is 0 Å². The van der Waals surface area contributed by atoms with E-state index in [0.717, 1.165) is 12.8 Å². The van der Waals surface area contributed by atoms with E-state index in [0.29, 0.717) is 64.7 Å². The average molecular weight is 528 g/mol. The van der Waals surface area contributed by atoms with Crippen molar-refractivity contribution < 1.29 is 28.2 Å². The first kappa shape index (κ1) is 26.0. The summed E-state index contributed by atoms with van der Waals surface area (Å²) in [6, 6.07) is 3.13. The number of aromatic nitrogens is 3. The number of rotatable bonds is 8. The van der Waals surface area contributed by atoms with Gasteiger partial charge in [-0.05, 0) is 63.6 Å². The van der Waals surface area contributed by atoms with Crippen LogP contribution in [0.15, 0.2) is 24.5 Å². The Hall–Kier alpha value is -3.60. The van der Waals surface area contributed by atoms with Crippen molar-refractivity contribution in [2.24, 2.45) is 5.92 Å². The largest absolute Gasteiger partial charge is 0.493 e. The molecule has 2 fully saturated rings. The van der Waals surface area contributed by atoms with Crippen LogP contribution in [-0.4, -0.2) is 62.8 Å². The molecule has 38 heavy (non-hydrogen) atoms. The summed E-state index contributed by atoms with van der Waals surface area (Å²) < 4.78 is 35.0. The fourth-order valence-corrected chi connectivity index (χ4v) is 4.88. The third-order valence-electron chi connectivity index (χ3n) is 7.18. The van der Waals surface area contributed by atoms with Crippen molar-refractivity contribution in [2.45, 2.75) is 70.3 Å². The molecule has 202 valence electrons. The molecule has 2 saturated carbocycles. The van der Waals surface area contributed by atoms with Crippen molar-refractivity contribution in [2.75, 3.05) is 6.61 Å². The van der Waals surface area contributed by atoms with Crippen LogP contribution in [0.3, 0.4) is 0 Å². The molecule has 3 aromatic rings. The van der Waals surface area contributed by atoms with Gasteiger partial charge in [0.15, 0.2) is 0 Å². The number of nitrogens with zero attached hydrogens (tertiary/aromatic N) is 2. The number of carbonyl (C=O) groups is 2. The smallest absolute Gasteiger partial charge is 0.255 e. The first-order valence-electron chi connectivity index (χ1n) is 12.9. The van der Waals surface area contributed by atoms with Crippen molar-refractivity contribution in [1.29, 1.82) is 0 Å². The number of halogens is 2. The van der Waals surface area contributed by atoms with Gasteiger partial charge in [-0.25, -0.2) is 18.7 Å². The third kappa shape index (κ3) is 5.47. The van der Waals surface area contributed by atoms with Crippen molar-refractivity contribution in [3.05, 3.63) is 41.6 Å². The molecular formula is C27H31F2N5O4. The Morgan fingerprint density at radius 2 is 2.00 bits per heavy atom. The lowest BCUT2D eigenvalue weighted by Gasteiger charge is -2.32. The first-order valence-corrected chi connectivity index (χ1v) is 12.9. The van der Waals surface area contributed by atoms with E-state index in [2.05, 4.69) is 25.6 Å². The summed E-state index contributed by atoms with van der Waals surface area (Å²) in [6.45, 7) is 3.60. The molecule has 0 unspecified atom stereocenters. The molecular weight excluding hydrogens is 496 g/mol. The van der Waals surface area contributed by atoms with Gasteiger partial charge in [-0.1, -0.05) is 0 Å². The highest BCUT2D eigenvalue weighted by molar-refractivity contribution is 6.09. The Labute approximate surface area is 218 Å². The van der Waals surface area contributed by atoms with Gasteiger partial charge in [-0.2, -0.15) is 0 Å². The predicted octanol–water partition coefficient (Wildman–Crippen LogP) is 3.35. The van der Waals surface area contributed by atoms with Crippen molar-refractivity contribution >= 4 is 22.8 Å². The molecule has 0 aliphatic heterocycles. The van der Waals surface area contributed by atoms with Gasteiger partial charge in [0.05, 0.1) is 23.7 Å². The number of fused-ring (bicyclic) bond motifs is 1. The minimum absolute atomic E-state index is 0.0309. The molecule has 1 aromatic carbocycles. The molecule has 4 N–H and O–H groups in total. The van der Waals surface area contributed by atoms with Crippen molar-refractivity contribution in [3.8, 4) is 17.0 Å². The lowest BCUT2D eigenvalue weighted by molar-refractivity contribution is -0.130. The lowest BCUT2D eigenvalue weighted by Crippen LogP contribution is -2.51. The number of ether oxygens (including phenoxy) is 1. The zero-order valence-corrected chi connectivity index (χ0v) is 21.3. The molecule has 0 radical (unpaired) electrons. The fraction of sp³-hybridized carbons (Fsp3) is 0.481. The zero-order valence-electron chi connectivity index (χ0n) is 21.3. The molecule has 0 saturated heterocycles. The quantitative estimate of drug-likeness (QED) is 0.356. The van der Waals surface area contributed by atoms with E-state index in [4.69, 9.17) is 4.74 Å². The summed E-state index contributed by atoms with van der Waals surface area (Å²) in [6.07, 6.45) is 1.79. The maximum atomic E-state index is 14.8. The average Bonchev–Trinajstić information content (AvgIpc) is 3.64. The number of H-pyrrole nitrogens is 1. The second-order valence-electron chi connectivity index (χ2n) is 10.3. The zero-order chi connectivity index (χ0) is 27.0. The molecule has 0 spiro atoms. The van der Waals surface area contributed by atoms with E-state index in [1.807, 2.05) is 0 Å². The van der Waals surface area contributed by atoms with Gasteiger partial charge in [-0.3, -0.25) is 9.59 Å². The highest BCUT2D eigenvalue weighted by Gasteiger charge is 2.34. The molecule has 5 rings (SSSR count). The number of carbonyl (C=O) groups excluding carboxylic acids is 2. The molecule has 0 bridgehead atoms. The summed E-state index contributed by atoms with van der Waals surface area (Å²) in [5.74, 6) is -0.455. The summed E-state index contributed by atoms with van der Waals surface area (Å²) in [4.78, 5) is 36.9. The summed E-state index contributed by atoms with van der Waals surface area (Å²) in [7, 11) is 0. The maximum Gasteiger partial charge on any atom is 0.255 e. The minimum Gasteiger partial charge on any atom is -0.493 e. The number of aliphatic hydroxyl groups excluding tert-OH is 1. The van der Waals surface area contributed by atoms with E-state index in [9.17, 15) is 23.5 Å². The Morgan fingerprint density at radius 1 is 1.21 bits per heavy atom. The van der Waals surface area contributed by atoms with Gasteiger partial charge < -0.3 is 25.5 Å². The van der Waals surface area contributed by atoms with Crippen LogP contribution < -0.4 is 15.4 Å². The normalized spacial score (nSPS) is 22.2. The Balaban J connectivity index is 1.36. The minimum atomic E-state index is -1.36. The number of hydrogen-bond donors (Lipinski definition) is 4. The monoisotopic (exact) mass is 527 g/mol. The van der Waals surface area contributed by atoms with Gasteiger partial charge in [0.25, 0.3) is 5.91 Å². The van der Waals surface area contributed by atoms with Crippen molar-refractivity contribution in [3.63, 3.8) is 0 Å². The van der Waals surface area contributed by atoms with Gasteiger partial charge in [0.2, 0.25) is 5.91 Å². The first-order chi connectivity index (χ1) is 18.2. The third-order valence-corrected chi connectivity index (χ3v) is 7.18. The number of alkyl halides is 1. The predicted molar refractivity (Wildman–Crippen MR) is 136 cm³/mol. The number of hydrogen-bond acceptors (Lipinski definition) is 6. The molecule has 9 nitrogen and oxygen atoms in total. The number of aryl methyl sites for hydroxylation is 1. The lowest BCUT2D eigenvalue weighted by atomic mass is 9.89. The van der Waals surface area contributed by atoms with Gasteiger partial charge in [0.1, 0.15) is 41.4 Å². The van der Waals surface area contributed by atoms with Crippen LogP contribution in [0.4, 0.5) is 8.78 Å². The number of amides is 2. The molecule has 2 amide bonds.